The highest BCUT2D eigenvalue weighted by Gasteiger charge is 2.39. The Labute approximate surface area is 398 Å². The Kier molecular flexibility index (Phi) is 15.1. The summed E-state index contributed by atoms with van der Waals surface area (Å²) in [5.41, 5.74) is 7.02. The normalized spacial score (nSPS) is 18.1. The van der Waals surface area contributed by atoms with E-state index in [2.05, 4.69) is 85.8 Å². The second-order valence-corrected chi connectivity index (χ2v) is 18.2. The number of amides is 2. The van der Waals surface area contributed by atoms with E-state index in [1.807, 2.05) is 72.3 Å². The number of rotatable bonds is 13. The molecule has 0 saturated carbocycles. The first-order valence-corrected chi connectivity index (χ1v) is 23.6. The van der Waals surface area contributed by atoms with Gasteiger partial charge in [-0.05, 0) is 97.4 Å². The van der Waals surface area contributed by atoms with Crippen LogP contribution in [0.3, 0.4) is 0 Å². The predicted octanol–water partition coefficient (Wildman–Crippen LogP) is 7.13. The molecule has 0 unspecified atom stereocenters. The first-order chi connectivity index (χ1) is 33.0. The Morgan fingerprint density at radius 2 is 1.32 bits per heavy atom. The summed E-state index contributed by atoms with van der Waals surface area (Å²) < 4.78 is 9.87. The predicted molar refractivity (Wildman–Crippen MR) is 260 cm³/mol. The van der Waals surface area contributed by atoms with Crippen LogP contribution in [0.15, 0.2) is 85.2 Å². The number of H-pyrrole nitrogens is 2. The van der Waals surface area contributed by atoms with Crippen LogP contribution in [-0.2, 0) is 28.7 Å². The highest BCUT2D eigenvalue weighted by atomic mass is 16.5. The molecule has 0 aliphatic carbocycles. The lowest BCUT2D eigenvalue weighted by molar-refractivity contribution is -0.148. The molecule has 2 N–H and O–H groups in total. The molecular formula is C54H60N8O6. The Morgan fingerprint density at radius 1 is 0.706 bits per heavy atom. The second kappa shape index (κ2) is 21.6. The number of anilines is 1. The topological polar surface area (TPSA) is 157 Å². The molecule has 4 atom stereocenters. The number of imidazole rings is 2. The fourth-order valence-electron chi connectivity index (χ4n) is 9.59. The van der Waals surface area contributed by atoms with Crippen molar-refractivity contribution in [2.24, 2.45) is 11.8 Å². The van der Waals surface area contributed by atoms with E-state index in [4.69, 9.17) is 14.5 Å². The number of hydrogen-bond donors (Lipinski definition) is 2. The van der Waals surface area contributed by atoms with Crippen LogP contribution in [-0.4, -0.2) is 119 Å². The minimum absolute atomic E-state index is 0.0254. The molecule has 0 spiro atoms. The van der Waals surface area contributed by atoms with Crippen LogP contribution in [0.2, 0.25) is 0 Å². The molecule has 2 aromatic heterocycles. The van der Waals surface area contributed by atoms with Crippen molar-refractivity contribution in [3.05, 3.63) is 114 Å². The van der Waals surface area contributed by atoms with Crippen LogP contribution in [0, 0.1) is 35.5 Å². The van der Waals surface area contributed by atoms with E-state index >= 15 is 0 Å². The van der Waals surface area contributed by atoms with Gasteiger partial charge in [0.1, 0.15) is 17.3 Å². The molecule has 68 heavy (non-hydrogen) atoms. The maximum absolute atomic E-state index is 14.0. The maximum Gasteiger partial charge on any atom is 0.306 e. The van der Waals surface area contributed by atoms with Crippen molar-refractivity contribution in [1.29, 1.82) is 0 Å². The summed E-state index contributed by atoms with van der Waals surface area (Å²) in [6.07, 6.45) is 6.65. The Hall–Kier alpha value is -7.16. The SMILES string of the molecule is COC(=O)C[C@H](C(=O)N1CCC[C@H]1c1ncc(-c2ccc(C#CC#Cc3cnc([C@@H]4CCCN4C(=O)[C@H](CC(=O)OC)c4ccccc4)[nH]3)c(-c3ccc(N4CCN(C)CC4)cc3)c2)[nH]1)C(C)C. The first kappa shape index (κ1) is 47.3. The molecule has 2 amide bonds. The van der Waals surface area contributed by atoms with Gasteiger partial charge in [-0.2, -0.15) is 0 Å². The Morgan fingerprint density at radius 3 is 2.00 bits per heavy atom. The van der Waals surface area contributed by atoms with Gasteiger partial charge >= 0.3 is 11.9 Å². The molecule has 3 aliphatic heterocycles. The molecule has 5 aromatic rings. The molecule has 3 aromatic carbocycles. The summed E-state index contributed by atoms with van der Waals surface area (Å²) in [7, 11) is 4.84. The summed E-state index contributed by atoms with van der Waals surface area (Å²) in [5, 5.41) is 0. The molecular weight excluding hydrogens is 857 g/mol. The van der Waals surface area contributed by atoms with Crippen molar-refractivity contribution in [2.75, 3.05) is 65.4 Å². The van der Waals surface area contributed by atoms with Crippen LogP contribution in [0.1, 0.15) is 98.8 Å². The van der Waals surface area contributed by atoms with Gasteiger partial charge in [-0.15, -0.1) is 0 Å². The number of methoxy groups -OCH3 is 2. The second-order valence-electron chi connectivity index (χ2n) is 18.2. The van der Waals surface area contributed by atoms with Gasteiger partial charge in [0.25, 0.3) is 0 Å². The minimum Gasteiger partial charge on any atom is -0.469 e. The largest absolute Gasteiger partial charge is 0.469 e. The van der Waals surface area contributed by atoms with Gasteiger partial charge in [0.15, 0.2) is 0 Å². The van der Waals surface area contributed by atoms with E-state index in [0.717, 1.165) is 85.4 Å². The number of benzene rings is 3. The zero-order valence-electron chi connectivity index (χ0n) is 39.6. The number of nitrogens with zero attached hydrogens (tertiary/aromatic N) is 6. The van der Waals surface area contributed by atoms with Crippen molar-refractivity contribution < 1.29 is 28.7 Å². The maximum atomic E-state index is 14.0. The van der Waals surface area contributed by atoms with Crippen molar-refractivity contribution in [3.8, 4) is 46.1 Å². The number of esters is 2. The summed E-state index contributed by atoms with van der Waals surface area (Å²) >= 11 is 0. The standard InChI is InChI=1S/C54H60N8O6/c1-36(2)43(32-49(63)67-4)53(65)61-25-12-18-48(61)52-56-35-46(58-52)40-20-19-38(44(31-40)39-21-23-42(24-22-39)60-29-27-59(3)28-30-60)15-9-10-16-41-34-55-51(57-41)47-17-11-26-62(47)54(66)45(33-50(64)68-5)37-13-7-6-8-14-37/h6-8,13-14,19-24,31,34-36,43,45,47-48H,11-12,17-18,25-30,32-33H2,1-5H3,(H,55,57)(H,56,58)/t43-,45+,47-,48-/m0/s1. The molecule has 14 nitrogen and oxygen atoms in total. The molecule has 14 heteroatoms. The number of aromatic amines is 2. The summed E-state index contributed by atoms with van der Waals surface area (Å²) in [5.74, 6) is 11.7. The number of ether oxygens (including phenoxy) is 2. The van der Waals surface area contributed by atoms with Crippen molar-refractivity contribution in [1.82, 2.24) is 34.6 Å². The molecule has 3 fully saturated rings. The smallest absolute Gasteiger partial charge is 0.306 e. The summed E-state index contributed by atoms with van der Waals surface area (Å²) in [6, 6.07) is 23.6. The molecule has 0 bridgehead atoms. The first-order valence-electron chi connectivity index (χ1n) is 23.6. The third-order valence-electron chi connectivity index (χ3n) is 13.6. The number of likely N-dealkylation sites (tertiary alicyclic amines) is 2. The third kappa shape index (κ3) is 10.8. The van der Waals surface area contributed by atoms with Gasteiger partial charge in [0.2, 0.25) is 11.8 Å². The van der Waals surface area contributed by atoms with E-state index in [9.17, 15) is 19.2 Å². The Balaban J connectivity index is 1.03. The van der Waals surface area contributed by atoms with Crippen LogP contribution in [0.25, 0.3) is 22.4 Å². The number of likely N-dealkylation sites (N-methyl/N-ethyl adjacent to an activating group) is 1. The van der Waals surface area contributed by atoms with Crippen LogP contribution in [0.4, 0.5) is 5.69 Å². The van der Waals surface area contributed by atoms with E-state index in [0.29, 0.717) is 30.4 Å². The summed E-state index contributed by atoms with van der Waals surface area (Å²) in [4.78, 5) is 77.3. The number of hydrogen-bond acceptors (Lipinski definition) is 10. The lowest BCUT2D eigenvalue weighted by atomic mass is 9.91. The quantitative estimate of drug-likeness (QED) is 0.0921. The molecule has 3 saturated heterocycles. The number of aromatic nitrogens is 4. The highest BCUT2D eigenvalue weighted by Crippen LogP contribution is 2.37. The number of carbonyl (C=O) groups excluding carboxylic acids is 4. The van der Waals surface area contributed by atoms with Crippen LogP contribution < -0.4 is 4.90 Å². The molecule has 8 rings (SSSR count). The fraction of sp³-hybridized carbons (Fsp3) is 0.407. The average Bonchev–Trinajstić information content (AvgIpc) is 4.22. The van der Waals surface area contributed by atoms with E-state index in [1.165, 1.54) is 19.9 Å². The van der Waals surface area contributed by atoms with Crippen LogP contribution >= 0.6 is 0 Å². The number of piperazine rings is 1. The zero-order chi connectivity index (χ0) is 47.7. The fourth-order valence-corrected chi connectivity index (χ4v) is 9.59. The van der Waals surface area contributed by atoms with E-state index < -0.39 is 17.8 Å². The lowest BCUT2D eigenvalue weighted by Crippen LogP contribution is -2.44. The van der Waals surface area contributed by atoms with Crippen molar-refractivity contribution >= 4 is 29.4 Å². The minimum atomic E-state index is -0.663. The van der Waals surface area contributed by atoms with Crippen molar-refractivity contribution in [3.63, 3.8) is 0 Å². The molecule has 352 valence electrons. The van der Waals surface area contributed by atoms with Gasteiger partial charge in [0, 0.05) is 56.1 Å². The summed E-state index contributed by atoms with van der Waals surface area (Å²) in [6.45, 7) is 9.05. The van der Waals surface area contributed by atoms with E-state index in [-0.39, 0.29) is 48.6 Å². The molecule has 5 heterocycles. The van der Waals surface area contributed by atoms with Crippen LogP contribution in [0.5, 0.6) is 0 Å². The van der Waals surface area contributed by atoms with E-state index in [1.54, 1.807) is 6.20 Å². The number of nitrogens with one attached hydrogen (secondary N) is 2. The lowest BCUT2D eigenvalue weighted by Gasteiger charge is -2.34. The molecule has 3 aliphatic rings. The Bertz CT molecular complexity index is 2710. The zero-order valence-corrected chi connectivity index (χ0v) is 39.6. The van der Waals surface area contributed by atoms with Gasteiger partial charge in [-0.25, -0.2) is 9.97 Å². The average molecular weight is 917 g/mol. The van der Waals surface area contributed by atoms with Gasteiger partial charge in [0.05, 0.1) is 69.1 Å². The number of carbonyl (C=O) groups is 4. The monoisotopic (exact) mass is 916 g/mol. The highest BCUT2D eigenvalue weighted by molar-refractivity contribution is 5.89. The third-order valence-corrected chi connectivity index (χ3v) is 13.6. The van der Waals surface area contributed by atoms with Gasteiger partial charge in [-0.1, -0.05) is 68.3 Å². The van der Waals surface area contributed by atoms with Gasteiger partial charge in [-0.3, -0.25) is 19.2 Å². The van der Waals surface area contributed by atoms with Gasteiger partial charge < -0.3 is 39.0 Å². The molecule has 0 radical (unpaired) electrons. The van der Waals surface area contributed by atoms with Crippen molar-refractivity contribution in [2.45, 2.75) is 70.4 Å².